The second kappa shape index (κ2) is 8.10. The van der Waals surface area contributed by atoms with Crippen molar-refractivity contribution in [3.8, 4) is 0 Å². The van der Waals surface area contributed by atoms with Gasteiger partial charge in [0.25, 0.3) is 0 Å². The van der Waals surface area contributed by atoms with E-state index in [0.29, 0.717) is 26.2 Å². The average Bonchev–Trinajstić information content (AvgIpc) is 2.22. The van der Waals surface area contributed by atoms with Gasteiger partial charge < -0.3 is 28.7 Å². The van der Waals surface area contributed by atoms with Gasteiger partial charge in [0.15, 0.2) is 0 Å². The van der Waals surface area contributed by atoms with Crippen molar-refractivity contribution in [2.75, 3.05) is 32.7 Å². The molecule has 0 radical (unpaired) electrons. The predicted octanol–water partition coefficient (Wildman–Crippen LogP) is -2.83. The molecule has 0 spiro atoms. The largest absolute Gasteiger partial charge is 0.330 e. The summed E-state index contributed by atoms with van der Waals surface area (Å²) in [5.74, 6) is 0. The number of hydrogen-bond donors (Lipinski definition) is 5. The lowest BCUT2D eigenvalue weighted by Crippen LogP contribution is -2.53. The van der Waals surface area contributed by atoms with Crippen molar-refractivity contribution < 1.29 is 0 Å². The topological polar surface area (TPSA) is 133 Å². The van der Waals surface area contributed by atoms with Gasteiger partial charge in [0, 0.05) is 32.2 Å². The van der Waals surface area contributed by atoms with Crippen LogP contribution in [0.25, 0.3) is 0 Å². The van der Waals surface area contributed by atoms with Crippen LogP contribution in [0.2, 0.25) is 0 Å². The van der Waals surface area contributed by atoms with Crippen molar-refractivity contribution >= 4 is 0 Å². The van der Waals surface area contributed by atoms with Crippen LogP contribution in [0.3, 0.4) is 0 Å². The van der Waals surface area contributed by atoms with Crippen LogP contribution in [0.4, 0.5) is 0 Å². The van der Waals surface area contributed by atoms with Crippen LogP contribution in [-0.2, 0) is 0 Å². The fourth-order valence-electron chi connectivity index (χ4n) is 1.21. The van der Waals surface area contributed by atoms with Crippen molar-refractivity contribution in [1.82, 2.24) is 4.90 Å². The molecule has 0 amide bonds. The third-order valence-electron chi connectivity index (χ3n) is 2.13. The van der Waals surface area contributed by atoms with Crippen molar-refractivity contribution in [2.24, 2.45) is 28.7 Å². The minimum Gasteiger partial charge on any atom is -0.330 e. The van der Waals surface area contributed by atoms with Crippen LogP contribution in [0.1, 0.15) is 6.42 Å². The van der Waals surface area contributed by atoms with E-state index in [1.54, 1.807) is 0 Å². The molecule has 10 N–H and O–H groups in total. The van der Waals surface area contributed by atoms with E-state index in [4.69, 9.17) is 28.7 Å². The Hall–Kier alpha value is -0.240. The number of rotatable bonds is 8. The molecule has 14 heavy (non-hydrogen) atoms. The summed E-state index contributed by atoms with van der Waals surface area (Å²) in [5.41, 5.74) is 27.9. The predicted molar refractivity (Wildman–Crippen MR) is 59.3 cm³/mol. The SMILES string of the molecule is NCCCN(CC(N)CN)C(N)CN. The molecule has 6 nitrogen and oxygen atoms in total. The Kier molecular flexibility index (Phi) is 7.96. The molecule has 0 aliphatic carbocycles. The van der Waals surface area contributed by atoms with Gasteiger partial charge in [-0.3, -0.25) is 4.90 Å². The summed E-state index contributed by atoms with van der Waals surface area (Å²) in [6, 6.07) is -0.0506. The van der Waals surface area contributed by atoms with Crippen molar-refractivity contribution in [2.45, 2.75) is 18.6 Å². The second-order valence-corrected chi connectivity index (χ2v) is 3.44. The summed E-state index contributed by atoms with van der Waals surface area (Å²) >= 11 is 0. The van der Waals surface area contributed by atoms with E-state index < -0.39 is 0 Å². The molecule has 0 bridgehead atoms. The first kappa shape index (κ1) is 13.8. The summed E-state index contributed by atoms with van der Waals surface area (Å²) in [7, 11) is 0. The molecule has 2 unspecified atom stereocenters. The van der Waals surface area contributed by atoms with E-state index in [1.165, 1.54) is 0 Å². The van der Waals surface area contributed by atoms with Gasteiger partial charge in [-0.05, 0) is 13.0 Å². The maximum atomic E-state index is 5.82. The van der Waals surface area contributed by atoms with Gasteiger partial charge in [0.2, 0.25) is 0 Å². The zero-order valence-electron chi connectivity index (χ0n) is 8.73. The molecule has 2 atom stereocenters. The molecule has 0 saturated heterocycles. The van der Waals surface area contributed by atoms with E-state index in [2.05, 4.69) is 0 Å². The Bertz CT molecular complexity index is 131. The van der Waals surface area contributed by atoms with Crippen molar-refractivity contribution in [3.05, 3.63) is 0 Å². The summed E-state index contributed by atoms with van der Waals surface area (Å²) in [4.78, 5) is 2.03. The quantitative estimate of drug-likeness (QED) is 0.271. The van der Waals surface area contributed by atoms with Crippen LogP contribution in [0, 0.1) is 0 Å². The number of hydrogen-bond acceptors (Lipinski definition) is 6. The van der Waals surface area contributed by atoms with Gasteiger partial charge in [-0.1, -0.05) is 0 Å². The zero-order valence-corrected chi connectivity index (χ0v) is 8.73. The van der Waals surface area contributed by atoms with Gasteiger partial charge in [-0.15, -0.1) is 0 Å². The maximum absolute atomic E-state index is 5.82. The standard InChI is InChI=1S/C8H24N6/c9-2-1-3-14(8(13)5-11)6-7(12)4-10/h7-8H,1-6,9-13H2. The summed E-state index contributed by atoms with van der Waals surface area (Å²) in [6.45, 7) is 3.02. The monoisotopic (exact) mass is 204 g/mol. The molecule has 0 fully saturated rings. The van der Waals surface area contributed by atoms with Crippen LogP contribution in [-0.4, -0.2) is 49.8 Å². The minimum atomic E-state index is -0.154. The maximum Gasteiger partial charge on any atom is 0.0698 e. The molecule has 0 aliphatic rings. The average molecular weight is 204 g/mol. The number of nitrogens with two attached hydrogens (primary N) is 5. The first-order valence-corrected chi connectivity index (χ1v) is 5.01. The van der Waals surface area contributed by atoms with E-state index >= 15 is 0 Å². The first-order chi connectivity index (χ1) is 6.65. The summed E-state index contributed by atoms with van der Waals surface area (Å²) < 4.78 is 0. The number of nitrogens with zero attached hydrogens (tertiary/aromatic N) is 1. The van der Waals surface area contributed by atoms with E-state index in [0.717, 1.165) is 13.0 Å². The highest BCUT2D eigenvalue weighted by Crippen LogP contribution is 1.95. The Balaban J connectivity index is 3.96. The molecular formula is C8H24N6. The fraction of sp³-hybridized carbons (Fsp3) is 1.00. The van der Waals surface area contributed by atoms with E-state index in [1.807, 2.05) is 4.90 Å². The highest BCUT2D eigenvalue weighted by atomic mass is 15.2. The third kappa shape index (κ3) is 5.48. The lowest BCUT2D eigenvalue weighted by atomic mass is 10.2. The Labute approximate surface area is 85.8 Å². The molecule has 0 aliphatic heterocycles. The third-order valence-corrected chi connectivity index (χ3v) is 2.13. The molecule has 0 heterocycles. The summed E-state index contributed by atoms with van der Waals surface area (Å²) in [5, 5.41) is 0. The zero-order chi connectivity index (χ0) is 11.0. The minimum absolute atomic E-state index is 0.0506. The van der Waals surface area contributed by atoms with Gasteiger partial charge in [-0.25, -0.2) is 0 Å². The van der Waals surface area contributed by atoms with Gasteiger partial charge >= 0.3 is 0 Å². The molecule has 86 valence electrons. The van der Waals surface area contributed by atoms with Crippen LogP contribution < -0.4 is 28.7 Å². The first-order valence-electron chi connectivity index (χ1n) is 5.01. The normalized spacial score (nSPS) is 15.9. The highest BCUT2D eigenvalue weighted by Gasteiger charge is 2.14. The Morgan fingerprint density at radius 2 is 1.64 bits per heavy atom. The van der Waals surface area contributed by atoms with Gasteiger partial charge in [-0.2, -0.15) is 0 Å². The van der Waals surface area contributed by atoms with Gasteiger partial charge in [0.1, 0.15) is 0 Å². The smallest absolute Gasteiger partial charge is 0.0698 e. The molecule has 0 aromatic carbocycles. The van der Waals surface area contributed by atoms with Crippen LogP contribution in [0.15, 0.2) is 0 Å². The van der Waals surface area contributed by atoms with Crippen LogP contribution >= 0.6 is 0 Å². The fourth-order valence-corrected chi connectivity index (χ4v) is 1.21. The summed E-state index contributed by atoms with van der Waals surface area (Å²) in [6.07, 6.45) is 0.740. The molecule has 0 aromatic rings. The highest BCUT2D eigenvalue weighted by molar-refractivity contribution is 4.73. The van der Waals surface area contributed by atoms with Crippen molar-refractivity contribution in [1.29, 1.82) is 0 Å². The molecule has 0 rings (SSSR count). The van der Waals surface area contributed by atoms with E-state index in [-0.39, 0.29) is 12.2 Å². The lowest BCUT2D eigenvalue weighted by molar-refractivity contribution is 0.192. The molecular weight excluding hydrogens is 180 g/mol. The Morgan fingerprint density at radius 3 is 2.07 bits per heavy atom. The molecule has 0 aromatic heterocycles. The lowest BCUT2D eigenvalue weighted by Gasteiger charge is -2.29. The Morgan fingerprint density at radius 1 is 1.00 bits per heavy atom. The van der Waals surface area contributed by atoms with E-state index in [9.17, 15) is 0 Å². The van der Waals surface area contributed by atoms with Gasteiger partial charge in [0.05, 0.1) is 6.17 Å². The molecule has 6 heteroatoms. The van der Waals surface area contributed by atoms with Crippen molar-refractivity contribution in [3.63, 3.8) is 0 Å². The van der Waals surface area contributed by atoms with Crippen LogP contribution in [0.5, 0.6) is 0 Å². The second-order valence-electron chi connectivity index (χ2n) is 3.44. The molecule has 0 saturated carbocycles.